The van der Waals surface area contributed by atoms with Crippen molar-refractivity contribution >= 4 is 5.78 Å². The zero-order valence-corrected chi connectivity index (χ0v) is 12.4. The SMILES string of the molecule is CCCc1cccc(C(=O)C2Cc3ccccc3CN2)c1. The summed E-state index contributed by atoms with van der Waals surface area (Å²) in [6, 6.07) is 16.3. The molecule has 1 aliphatic rings. The lowest BCUT2D eigenvalue weighted by atomic mass is 9.91. The Labute approximate surface area is 126 Å². The van der Waals surface area contributed by atoms with Gasteiger partial charge in [0.15, 0.2) is 5.78 Å². The average Bonchev–Trinajstić information content (AvgIpc) is 2.54. The summed E-state index contributed by atoms with van der Waals surface area (Å²) in [5.74, 6) is 0.211. The largest absolute Gasteiger partial charge is 0.303 e. The maximum Gasteiger partial charge on any atom is 0.180 e. The van der Waals surface area contributed by atoms with Crippen molar-refractivity contribution < 1.29 is 4.79 Å². The van der Waals surface area contributed by atoms with Crippen LogP contribution in [0.5, 0.6) is 0 Å². The Bertz CT molecular complexity index is 648. The fraction of sp³-hybridized carbons (Fsp3) is 0.316. The number of ketones is 1. The van der Waals surface area contributed by atoms with Crippen LogP contribution in [-0.2, 0) is 19.4 Å². The number of benzene rings is 2. The van der Waals surface area contributed by atoms with Gasteiger partial charge in [0.05, 0.1) is 6.04 Å². The highest BCUT2D eigenvalue weighted by Gasteiger charge is 2.24. The summed E-state index contributed by atoms with van der Waals surface area (Å²) in [6.45, 7) is 2.94. The van der Waals surface area contributed by atoms with Gasteiger partial charge in [-0.1, -0.05) is 55.8 Å². The number of carbonyl (C=O) groups excluding carboxylic acids is 1. The van der Waals surface area contributed by atoms with E-state index in [-0.39, 0.29) is 11.8 Å². The molecule has 0 saturated carbocycles. The van der Waals surface area contributed by atoms with Crippen molar-refractivity contribution in [3.63, 3.8) is 0 Å². The summed E-state index contributed by atoms with van der Waals surface area (Å²) in [4.78, 5) is 12.7. The first kappa shape index (κ1) is 14.0. The normalized spacial score (nSPS) is 17.3. The molecular formula is C19H21NO. The molecule has 0 aromatic heterocycles. The van der Waals surface area contributed by atoms with Crippen LogP contribution < -0.4 is 5.32 Å². The highest BCUT2D eigenvalue weighted by molar-refractivity contribution is 6.00. The van der Waals surface area contributed by atoms with Crippen LogP contribution in [0, 0.1) is 0 Å². The minimum atomic E-state index is -0.100. The lowest BCUT2D eigenvalue weighted by molar-refractivity contribution is 0.0938. The molecule has 0 saturated heterocycles. The Morgan fingerprint density at radius 1 is 1.14 bits per heavy atom. The molecule has 1 N–H and O–H groups in total. The van der Waals surface area contributed by atoms with Crippen molar-refractivity contribution in [1.29, 1.82) is 0 Å². The fourth-order valence-electron chi connectivity index (χ4n) is 3.01. The van der Waals surface area contributed by atoms with E-state index in [1.54, 1.807) is 0 Å². The van der Waals surface area contributed by atoms with Gasteiger partial charge in [0.1, 0.15) is 0 Å². The summed E-state index contributed by atoms with van der Waals surface area (Å²) in [5, 5.41) is 3.38. The van der Waals surface area contributed by atoms with Crippen LogP contribution in [0.3, 0.4) is 0 Å². The molecule has 2 aromatic carbocycles. The molecule has 1 heterocycles. The van der Waals surface area contributed by atoms with Gasteiger partial charge in [0.2, 0.25) is 0 Å². The molecule has 1 aliphatic heterocycles. The molecule has 0 bridgehead atoms. The molecule has 0 amide bonds. The topological polar surface area (TPSA) is 29.1 Å². The van der Waals surface area contributed by atoms with Crippen LogP contribution in [0.2, 0.25) is 0 Å². The quantitative estimate of drug-likeness (QED) is 0.867. The Morgan fingerprint density at radius 2 is 1.95 bits per heavy atom. The second kappa shape index (κ2) is 6.23. The summed E-state index contributed by atoms with van der Waals surface area (Å²) in [7, 11) is 0. The van der Waals surface area contributed by atoms with Crippen LogP contribution in [0.4, 0.5) is 0 Å². The van der Waals surface area contributed by atoms with E-state index in [9.17, 15) is 4.79 Å². The molecule has 108 valence electrons. The van der Waals surface area contributed by atoms with Crippen molar-refractivity contribution in [2.24, 2.45) is 0 Å². The molecular weight excluding hydrogens is 258 g/mol. The minimum Gasteiger partial charge on any atom is -0.303 e. The molecule has 0 aliphatic carbocycles. The van der Waals surface area contributed by atoms with Gasteiger partial charge < -0.3 is 5.32 Å². The lowest BCUT2D eigenvalue weighted by Gasteiger charge is -2.25. The molecule has 21 heavy (non-hydrogen) atoms. The first-order valence-electron chi connectivity index (χ1n) is 7.71. The van der Waals surface area contributed by atoms with E-state index in [1.165, 1.54) is 16.7 Å². The van der Waals surface area contributed by atoms with Gasteiger partial charge in [-0.2, -0.15) is 0 Å². The van der Waals surface area contributed by atoms with Crippen LogP contribution >= 0.6 is 0 Å². The Balaban J connectivity index is 1.79. The molecule has 3 rings (SSSR count). The third kappa shape index (κ3) is 3.06. The van der Waals surface area contributed by atoms with E-state index >= 15 is 0 Å². The van der Waals surface area contributed by atoms with E-state index < -0.39 is 0 Å². The van der Waals surface area contributed by atoms with Crippen LogP contribution in [0.25, 0.3) is 0 Å². The van der Waals surface area contributed by atoms with Gasteiger partial charge in [-0.25, -0.2) is 0 Å². The van der Waals surface area contributed by atoms with Gasteiger partial charge in [0, 0.05) is 12.1 Å². The summed E-state index contributed by atoms with van der Waals surface area (Å²) in [6.07, 6.45) is 2.92. The second-order valence-corrected chi connectivity index (χ2v) is 5.72. The zero-order valence-electron chi connectivity index (χ0n) is 12.4. The highest BCUT2D eigenvalue weighted by Crippen LogP contribution is 2.19. The Morgan fingerprint density at radius 3 is 2.76 bits per heavy atom. The van der Waals surface area contributed by atoms with E-state index in [4.69, 9.17) is 0 Å². The van der Waals surface area contributed by atoms with Crippen molar-refractivity contribution in [3.05, 3.63) is 70.8 Å². The van der Waals surface area contributed by atoms with E-state index in [0.29, 0.717) is 0 Å². The fourth-order valence-corrected chi connectivity index (χ4v) is 3.01. The summed E-state index contributed by atoms with van der Waals surface area (Å²) < 4.78 is 0. The highest BCUT2D eigenvalue weighted by atomic mass is 16.1. The maximum atomic E-state index is 12.7. The minimum absolute atomic E-state index is 0.100. The van der Waals surface area contributed by atoms with Gasteiger partial charge >= 0.3 is 0 Å². The van der Waals surface area contributed by atoms with E-state index in [1.807, 2.05) is 24.3 Å². The molecule has 1 atom stereocenters. The van der Waals surface area contributed by atoms with Crippen LogP contribution in [0.15, 0.2) is 48.5 Å². The van der Waals surface area contributed by atoms with Crippen molar-refractivity contribution in [3.8, 4) is 0 Å². The molecule has 2 nitrogen and oxygen atoms in total. The van der Waals surface area contributed by atoms with Crippen molar-refractivity contribution in [1.82, 2.24) is 5.32 Å². The van der Waals surface area contributed by atoms with Crippen molar-refractivity contribution in [2.75, 3.05) is 0 Å². The lowest BCUT2D eigenvalue weighted by Crippen LogP contribution is -2.41. The number of aryl methyl sites for hydroxylation is 1. The van der Waals surface area contributed by atoms with Gasteiger partial charge in [0.25, 0.3) is 0 Å². The average molecular weight is 279 g/mol. The zero-order chi connectivity index (χ0) is 14.7. The van der Waals surface area contributed by atoms with E-state index in [2.05, 4.69) is 36.5 Å². The Kier molecular flexibility index (Phi) is 4.16. The number of hydrogen-bond donors (Lipinski definition) is 1. The molecule has 0 fully saturated rings. The summed E-state index contributed by atoms with van der Waals surface area (Å²) >= 11 is 0. The standard InChI is InChI=1S/C19H21NO/c1-2-6-14-7-5-10-16(11-14)19(21)18-12-15-8-3-4-9-17(15)13-20-18/h3-5,7-11,18,20H,2,6,12-13H2,1H3. The number of rotatable bonds is 4. The summed E-state index contributed by atoms with van der Waals surface area (Å²) in [5.41, 5.74) is 4.68. The molecule has 2 heteroatoms. The van der Waals surface area contributed by atoms with Crippen LogP contribution in [0.1, 0.15) is 40.4 Å². The van der Waals surface area contributed by atoms with Gasteiger partial charge in [-0.3, -0.25) is 4.79 Å². The predicted molar refractivity (Wildman–Crippen MR) is 85.5 cm³/mol. The molecule has 0 radical (unpaired) electrons. The first-order chi connectivity index (χ1) is 10.3. The first-order valence-corrected chi connectivity index (χ1v) is 7.71. The van der Waals surface area contributed by atoms with Gasteiger partial charge in [-0.05, 0) is 35.6 Å². The number of nitrogens with one attached hydrogen (secondary N) is 1. The monoisotopic (exact) mass is 279 g/mol. The molecule has 2 aromatic rings. The smallest absolute Gasteiger partial charge is 0.180 e. The molecule has 1 unspecified atom stereocenters. The van der Waals surface area contributed by atoms with E-state index in [0.717, 1.165) is 31.4 Å². The van der Waals surface area contributed by atoms with Crippen molar-refractivity contribution in [2.45, 2.75) is 38.8 Å². The number of hydrogen-bond acceptors (Lipinski definition) is 2. The number of carbonyl (C=O) groups is 1. The maximum absolute atomic E-state index is 12.7. The van der Waals surface area contributed by atoms with Crippen LogP contribution in [-0.4, -0.2) is 11.8 Å². The number of Topliss-reactive ketones (excluding diaryl/α,β-unsaturated/α-hetero) is 1. The third-order valence-corrected chi connectivity index (χ3v) is 4.15. The number of fused-ring (bicyclic) bond motifs is 1. The predicted octanol–water partition coefficient (Wildman–Crippen LogP) is 3.54. The second-order valence-electron chi connectivity index (χ2n) is 5.72. The Hall–Kier alpha value is -1.93. The third-order valence-electron chi connectivity index (χ3n) is 4.15. The molecule has 0 spiro atoms. The van der Waals surface area contributed by atoms with Gasteiger partial charge in [-0.15, -0.1) is 0 Å².